The van der Waals surface area contributed by atoms with Crippen LogP contribution in [-0.4, -0.2) is 5.11 Å². The molecule has 0 aliphatic carbocycles. The fourth-order valence-corrected chi connectivity index (χ4v) is 1.38. The normalized spacial score (nSPS) is 9.71. The standard InChI is InChI=1S/C12H14NO/c1-3-5-9-7-11(13)8-10(6-4-2)12(9)14/h3-4,7-8,13-14H,1-2,5-6H2. The molecule has 1 aromatic rings. The molecule has 0 unspecified atom stereocenters. The number of allylic oxidation sites excluding steroid dienone is 2. The van der Waals surface area contributed by atoms with Crippen molar-refractivity contribution in [1.82, 2.24) is 5.73 Å². The van der Waals surface area contributed by atoms with Gasteiger partial charge < -0.3 is 10.8 Å². The minimum atomic E-state index is 0.265. The second-order valence-electron chi connectivity index (χ2n) is 3.13. The Labute approximate surface area is 84.4 Å². The number of phenolic OH excluding ortho intramolecular Hbond substituents is 1. The number of aromatic hydroxyl groups is 1. The highest BCUT2D eigenvalue weighted by Gasteiger charge is 2.06. The van der Waals surface area contributed by atoms with Crippen molar-refractivity contribution in [2.24, 2.45) is 0 Å². The first-order valence-corrected chi connectivity index (χ1v) is 4.47. The Kier molecular flexibility index (Phi) is 3.35. The Bertz CT molecular complexity index is 324. The topological polar surface area (TPSA) is 44.0 Å². The molecular formula is C12H14NO. The number of phenols is 1. The van der Waals surface area contributed by atoms with Gasteiger partial charge in [-0.25, -0.2) is 0 Å². The average Bonchev–Trinajstić information content (AvgIpc) is 2.14. The van der Waals surface area contributed by atoms with Gasteiger partial charge in [-0.2, -0.15) is 0 Å². The van der Waals surface area contributed by atoms with Crippen LogP contribution >= 0.6 is 0 Å². The highest BCUT2D eigenvalue weighted by molar-refractivity contribution is 5.52. The maximum atomic E-state index is 9.80. The predicted molar refractivity (Wildman–Crippen MR) is 58.7 cm³/mol. The van der Waals surface area contributed by atoms with Crippen LogP contribution in [0.1, 0.15) is 11.1 Å². The molecule has 0 saturated heterocycles. The smallest absolute Gasteiger partial charge is 0.122 e. The zero-order valence-corrected chi connectivity index (χ0v) is 8.09. The van der Waals surface area contributed by atoms with Crippen molar-refractivity contribution in [3.05, 3.63) is 48.6 Å². The summed E-state index contributed by atoms with van der Waals surface area (Å²) >= 11 is 0. The van der Waals surface area contributed by atoms with Gasteiger partial charge in [0.1, 0.15) is 5.75 Å². The zero-order chi connectivity index (χ0) is 10.6. The van der Waals surface area contributed by atoms with Crippen molar-refractivity contribution in [2.75, 3.05) is 0 Å². The third kappa shape index (κ3) is 2.16. The highest BCUT2D eigenvalue weighted by Crippen LogP contribution is 2.27. The monoisotopic (exact) mass is 188 g/mol. The fourth-order valence-electron chi connectivity index (χ4n) is 1.38. The molecule has 0 fully saturated rings. The first-order valence-electron chi connectivity index (χ1n) is 4.47. The van der Waals surface area contributed by atoms with E-state index in [0.29, 0.717) is 18.5 Å². The number of benzene rings is 1. The molecule has 0 spiro atoms. The van der Waals surface area contributed by atoms with Crippen LogP contribution in [0.25, 0.3) is 0 Å². The van der Waals surface area contributed by atoms with Crippen molar-refractivity contribution in [3.63, 3.8) is 0 Å². The van der Waals surface area contributed by atoms with Crippen molar-refractivity contribution in [1.29, 1.82) is 0 Å². The van der Waals surface area contributed by atoms with E-state index in [-0.39, 0.29) is 5.75 Å². The molecule has 0 aromatic heterocycles. The van der Waals surface area contributed by atoms with Crippen molar-refractivity contribution in [3.8, 4) is 5.75 Å². The van der Waals surface area contributed by atoms with Crippen molar-refractivity contribution in [2.45, 2.75) is 12.8 Å². The lowest BCUT2D eigenvalue weighted by Gasteiger charge is -2.08. The van der Waals surface area contributed by atoms with Gasteiger partial charge in [0.15, 0.2) is 0 Å². The van der Waals surface area contributed by atoms with Gasteiger partial charge in [-0.05, 0) is 25.0 Å². The molecule has 0 atom stereocenters. The molecule has 1 radical (unpaired) electrons. The number of hydrogen-bond donors (Lipinski definition) is 1. The zero-order valence-electron chi connectivity index (χ0n) is 8.09. The quantitative estimate of drug-likeness (QED) is 0.573. The molecule has 0 saturated carbocycles. The van der Waals surface area contributed by atoms with Crippen LogP contribution in [0.15, 0.2) is 37.4 Å². The molecule has 0 bridgehead atoms. The lowest BCUT2D eigenvalue weighted by Crippen LogP contribution is -1.90. The largest absolute Gasteiger partial charge is 0.507 e. The number of nitrogens with one attached hydrogen (secondary N) is 1. The summed E-state index contributed by atoms with van der Waals surface area (Å²) in [7, 11) is 0. The third-order valence-electron chi connectivity index (χ3n) is 2.00. The summed E-state index contributed by atoms with van der Waals surface area (Å²) in [6.07, 6.45) is 4.60. The second kappa shape index (κ2) is 4.51. The van der Waals surface area contributed by atoms with E-state index in [0.717, 1.165) is 11.1 Å². The van der Waals surface area contributed by atoms with E-state index in [1.54, 1.807) is 24.3 Å². The van der Waals surface area contributed by atoms with E-state index in [1.165, 1.54) is 0 Å². The number of hydrogen-bond acceptors (Lipinski definition) is 1. The van der Waals surface area contributed by atoms with E-state index in [2.05, 4.69) is 13.2 Å². The van der Waals surface area contributed by atoms with Crippen LogP contribution in [0.4, 0.5) is 5.69 Å². The summed E-state index contributed by atoms with van der Waals surface area (Å²) < 4.78 is 0. The maximum absolute atomic E-state index is 9.80. The minimum absolute atomic E-state index is 0.265. The molecule has 0 aliphatic heterocycles. The third-order valence-corrected chi connectivity index (χ3v) is 2.00. The van der Waals surface area contributed by atoms with Gasteiger partial charge >= 0.3 is 0 Å². The van der Waals surface area contributed by atoms with E-state index >= 15 is 0 Å². The highest BCUT2D eigenvalue weighted by atomic mass is 16.3. The van der Waals surface area contributed by atoms with Gasteiger partial charge in [-0.3, -0.25) is 0 Å². The molecule has 0 amide bonds. The SMILES string of the molecule is C=CCc1cc([NH])cc(CC=C)c1O. The fraction of sp³-hybridized carbons (Fsp3) is 0.167. The first-order chi connectivity index (χ1) is 6.69. The summed E-state index contributed by atoms with van der Waals surface area (Å²) in [6.45, 7) is 7.22. The Morgan fingerprint density at radius 3 is 1.93 bits per heavy atom. The first kappa shape index (κ1) is 10.4. The number of rotatable bonds is 4. The Morgan fingerprint density at radius 2 is 1.57 bits per heavy atom. The van der Waals surface area contributed by atoms with Crippen LogP contribution in [-0.2, 0) is 12.8 Å². The van der Waals surface area contributed by atoms with E-state index in [9.17, 15) is 5.11 Å². The predicted octanol–water partition coefficient (Wildman–Crippen LogP) is 2.76. The molecule has 14 heavy (non-hydrogen) atoms. The molecule has 2 heteroatoms. The molecule has 0 heterocycles. The second-order valence-corrected chi connectivity index (χ2v) is 3.13. The van der Waals surface area contributed by atoms with E-state index < -0.39 is 0 Å². The molecule has 73 valence electrons. The Morgan fingerprint density at radius 1 is 1.14 bits per heavy atom. The molecular weight excluding hydrogens is 174 g/mol. The molecule has 2 nitrogen and oxygen atoms in total. The summed E-state index contributed by atoms with van der Waals surface area (Å²) in [5.74, 6) is 0.265. The molecule has 0 aliphatic rings. The summed E-state index contributed by atoms with van der Waals surface area (Å²) in [5, 5.41) is 9.80. The summed E-state index contributed by atoms with van der Waals surface area (Å²) in [6, 6.07) is 3.31. The van der Waals surface area contributed by atoms with Crippen LogP contribution in [0.5, 0.6) is 5.75 Å². The summed E-state index contributed by atoms with van der Waals surface area (Å²) in [5.41, 5.74) is 9.47. The van der Waals surface area contributed by atoms with Gasteiger partial charge in [-0.1, -0.05) is 12.2 Å². The van der Waals surface area contributed by atoms with Crippen LogP contribution < -0.4 is 5.73 Å². The molecule has 1 aromatic carbocycles. The Balaban J connectivity index is 3.16. The van der Waals surface area contributed by atoms with Gasteiger partial charge in [0, 0.05) is 11.1 Å². The Hall–Kier alpha value is -1.70. The van der Waals surface area contributed by atoms with Crippen LogP contribution in [0.3, 0.4) is 0 Å². The van der Waals surface area contributed by atoms with Crippen LogP contribution in [0.2, 0.25) is 0 Å². The molecule has 1 rings (SSSR count). The van der Waals surface area contributed by atoms with Gasteiger partial charge in [0.2, 0.25) is 0 Å². The van der Waals surface area contributed by atoms with Gasteiger partial charge in [0.25, 0.3) is 0 Å². The average molecular weight is 188 g/mol. The van der Waals surface area contributed by atoms with Crippen LogP contribution in [0, 0.1) is 0 Å². The minimum Gasteiger partial charge on any atom is -0.507 e. The van der Waals surface area contributed by atoms with Gasteiger partial charge in [0.05, 0.1) is 5.69 Å². The van der Waals surface area contributed by atoms with E-state index in [1.807, 2.05) is 0 Å². The lowest BCUT2D eigenvalue weighted by molar-refractivity contribution is 0.464. The molecule has 2 N–H and O–H groups in total. The van der Waals surface area contributed by atoms with E-state index in [4.69, 9.17) is 5.73 Å². The lowest BCUT2D eigenvalue weighted by atomic mass is 10.0. The maximum Gasteiger partial charge on any atom is 0.122 e. The van der Waals surface area contributed by atoms with Crippen molar-refractivity contribution < 1.29 is 5.11 Å². The van der Waals surface area contributed by atoms with Gasteiger partial charge in [-0.15, -0.1) is 13.2 Å². The van der Waals surface area contributed by atoms with Crippen molar-refractivity contribution >= 4 is 5.69 Å². The summed E-state index contributed by atoms with van der Waals surface area (Å²) in [4.78, 5) is 0.